The Morgan fingerprint density at radius 2 is 1.29 bits per heavy atom. The number of carbonyl (C=O) groups is 2. The predicted octanol–water partition coefficient (Wildman–Crippen LogP) is 2.15. The summed E-state index contributed by atoms with van der Waals surface area (Å²) in [6.45, 7) is 12.4. The standard InChI is InChI=1S/C13H24N2O2/c1-7(2)9(5)13(10(6)8(3)4)11(16)14-12(17)15-13/h7-10H,1-6H3,(H2,14,15,16,17). The minimum atomic E-state index is -0.764. The van der Waals surface area contributed by atoms with E-state index in [1.54, 1.807) is 0 Å². The van der Waals surface area contributed by atoms with Crippen LogP contribution in [0.3, 0.4) is 0 Å². The molecule has 1 rings (SSSR count). The summed E-state index contributed by atoms with van der Waals surface area (Å²) in [7, 11) is 0. The molecule has 3 amide bonds. The molecule has 1 aliphatic heterocycles. The Balaban J connectivity index is 3.18. The van der Waals surface area contributed by atoms with Crippen molar-refractivity contribution < 1.29 is 9.59 Å². The van der Waals surface area contributed by atoms with E-state index in [1.807, 2.05) is 13.8 Å². The number of rotatable bonds is 4. The molecular formula is C13H24N2O2. The summed E-state index contributed by atoms with van der Waals surface area (Å²) in [6, 6.07) is -0.366. The number of hydrogen-bond donors (Lipinski definition) is 2. The quantitative estimate of drug-likeness (QED) is 0.740. The van der Waals surface area contributed by atoms with Crippen LogP contribution in [0.2, 0.25) is 0 Å². The van der Waals surface area contributed by atoms with Gasteiger partial charge in [-0.2, -0.15) is 0 Å². The molecule has 17 heavy (non-hydrogen) atoms. The lowest BCUT2D eigenvalue weighted by atomic mass is 9.67. The van der Waals surface area contributed by atoms with E-state index in [4.69, 9.17) is 0 Å². The topological polar surface area (TPSA) is 58.2 Å². The number of imide groups is 1. The molecule has 1 saturated heterocycles. The Hall–Kier alpha value is -1.06. The summed E-state index contributed by atoms with van der Waals surface area (Å²) >= 11 is 0. The molecular weight excluding hydrogens is 216 g/mol. The third kappa shape index (κ3) is 2.17. The number of nitrogens with one attached hydrogen (secondary N) is 2. The highest BCUT2D eigenvalue weighted by atomic mass is 16.2. The molecule has 1 heterocycles. The molecule has 4 nitrogen and oxygen atoms in total. The van der Waals surface area contributed by atoms with E-state index in [2.05, 4.69) is 38.3 Å². The normalized spacial score (nSPS) is 28.2. The van der Waals surface area contributed by atoms with E-state index in [-0.39, 0.29) is 23.8 Å². The van der Waals surface area contributed by atoms with Crippen LogP contribution >= 0.6 is 0 Å². The van der Waals surface area contributed by atoms with Gasteiger partial charge in [0.25, 0.3) is 5.91 Å². The van der Waals surface area contributed by atoms with E-state index >= 15 is 0 Å². The monoisotopic (exact) mass is 240 g/mol. The van der Waals surface area contributed by atoms with Gasteiger partial charge in [-0.25, -0.2) is 4.79 Å². The van der Waals surface area contributed by atoms with Gasteiger partial charge in [0.05, 0.1) is 0 Å². The number of amides is 3. The van der Waals surface area contributed by atoms with Crippen LogP contribution in [-0.4, -0.2) is 17.5 Å². The summed E-state index contributed by atoms with van der Waals surface area (Å²) in [5.74, 6) is 0.697. The summed E-state index contributed by atoms with van der Waals surface area (Å²) in [5.41, 5.74) is -0.764. The fraction of sp³-hybridized carbons (Fsp3) is 0.846. The minimum absolute atomic E-state index is 0.103. The maximum absolute atomic E-state index is 12.2. The van der Waals surface area contributed by atoms with E-state index in [1.165, 1.54) is 0 Å². The van der Waals surface area contributed by atoms with E-state index in [0.717, 1.165) is 0 Å². The summed E-state index contributed by atoms with van der Waals surface area (Å²) in [4.78, 5) is 23.7. The van der Waals surface area contributed by atoms with Gasteiger partial charge in [0.15, 0.2) is 0 Å². The Morgan fingerprint density at radius 3 is 1.53 bits per heavy atom. The van der Waals surface area contributed by atoms with Gasteiger partial charge in [-0.15, -0.1) is 0 Å². The second kappa shape index (κ2) is 4.67. The van der Waals surface area contributed by atoms with Gasteiger partial charge in [0.1, 0.15) is 5.54 Å². The van der Waals surface area contributed by atoms with Crippen molar-refractivity contribution in [2.75, 3.05) is 0 Å². The second-order valence-corrected chi connectivity index (χ2v) is 5.84. The van der Waals surface area contributed by atoms with Crippen molar-refractivity contribution in [1.82, 2.24) is 10.6 Å². The van der Waals surface area contributed by atoms with Crippen molar-refractivity contribution >= 4 is 11.9 Å². The molecule has 98 valence electrons. The van der Waals surface area contributed by atoms with Crippen LogP contribution in [0.25, 0.3) is 0 Å². The largest absolute Gasteiger partial charge is 0.323 e. The highest BCUT2D eigenvalue weighted by Gasteiger charge is 2.54. The zero-order valence-corrected chi connectivity index (χ0v) is 11.6. The van der Waals surface area contributed by atoms with Crippen LogP contribution in [0.1, 0.15) is 41.5 Å². The lowest BCUT2D eigenvalue weighted by Gasteiger charge is -2.41. The summed E-state index contributed by atoms with van der Waals surface area (Å²) in [6.07, 6.45) is 0. The average Bonchev–Trinajstić information content (AvgIpc) is 2.52. The Labute approximate surface area is 104 Å². The molecule has 1 fully saturated rings. The Bertz CT molecular complexity index is 309. The third-order valence-corrected chi connectivity index (χ3v) is 4.36. The minimum Gasteiger partial charge on any atom is -0.323 e. The summed E-state index contributed by atoms with van der Waals surface area (Å²) in [5, 5.41) is 5.27. The Kier molecular flexibility index (Phi) is 3.84. The molecule has 0 bridgehead atoms. The lowest BCUT2D eigenvalue weighted by molar-refractivity contribution is -0.129. The first-order chi connectivity index (χ1) is 7.73. The van der Waals surface area contributed by atoms with E-state index in [9.17, 15) is 9.59 Å². The molecule has 2 atom stereocenters. The molecule has 1 aliphatic rings. The molecule has 0 radical (unpaired) electrons. The van der Waals surface area contributed by atoms with Crippen molar-refractivity contribution in [3.05, 3.63) is 0 Å². The number of hydrogen-bond acceptors (Lipinski definition) is 2. The van der Waals surface area contributed by atoms with Crippen molar-refractivity contribution in [2.45, 2.75) is 47.1 Å². The highest BCUT2D eigenvalue weighted by Crippen LogP contribution is 2.37. The van der Waals surface area contributed by atoms with Crippen molar-refractivity contribution in [3.63, 3.8) is 0 Å². The summed E-state index contributed by atoms with van der Waals surface area (Å²) < 4.78 is 0. The molecule has 0 aromatic carbocycles. The third-order valence-electron chi connectivity index (χ3n) is 4.36. The SMILES string of the molecule is CC(C)C(C)C1(C(C)C(C)C)NC(=O)NC1=O. The molecule has 0 spiro atoms. The zero-order valence-electron chi connectivity index (χ0n) is 11.6. The molecule has 2 N–H and O–H groups in total. The fourth-order valence-corrected chi connectivity index (χ4v) is 2.59. The van der Waals surface area contributed by atoms with Crippen molar-refractivity contribution in [3.8, 4) is 0 Å². The van der Waals surface area contributed by atoms with Crippen LogP contribution in [0.4, 0.5) is 4.79 Å². The number of urea groups is 1. The van der Waals surface area contributed by atoms with Crippen LogP contribution < -0.4 is 10.6 Å². The van der Waals surface area contributed by atoms with Crippen molar-refractivity contribution in [2.24, 2.45) is 23.7 Å². The van der Waals surface area contributed by atoms with Gasteiger partial charge in [-0.3, -0.25) is 10.1 Å². The highest BCUT2D eigenvalue weighted by molar-refractivity contribution is 6.07. The molecule has 0 saturated carbocycles. The van der Waals surface area contributed by atoms with E-state index in [0.29, 0.717) is 11.8 Å². The maximum atomic E-state index is 12.2. The predicted molar refractivity (Wildman–Crippen MR) is 67.4 cm³/mol. The molecule has 0 aromatic heterocycles. The molecule has 2 unspecified atom stereocenters. The first-order valence-electron chi connectivity index (χ1n) is 6.37. The van der Waals surface area contributed by atoms with Crippen molar-refractivity contribution in [1.29, 1.82) is 0 Å². The number of carbonyl (C=O) groups excluding carboxylic acids is 2. The van der Waals surface area contributed by atoms with E-state index < -0.39 is 5.54 Å². The Morgan fingerprint density at radius 1 is 0.882 bits per heavy atom. The maximum Gasteiger partial charge on any atom is 0.322 e. The average molecular weight is 240 g/mol. The van der Waals surface area contributed by atoms with Crippen LogP contribution in [0, 0.1) is 23.7 Å². The molecule has 0 aliphatic carbocycles. The zero-order chi connectivity index (χ0) is 13.4. The first kappa shape index (κ1) is 14.0. The van der Waals surface area contributed by atoms with Crippen LogP contribution in [0.5, 0.6) is 0 Å². The van der Waals surface area contributed by atoms with Gasteiger partial charge >= 0.3 is 6.03 Å². The molecule has 4 heteroatoms. The van der Waals surface area contributed by atoms with Gasteiger partial charge in [0.2, 0.25) is 0 Å². The fourth-order valence-electron chi connectivity index (χ4n) is 2.59. The molecule has 0 aromatic rings. The first-order valence-corrected chi connectivity index (χ1v) is 6.37. The van der Waals surface area contributed by atoms with Crippen LogP contribution in [0.15, 0.2) is 0 Å². The van der Waals surface area contributed by atoms with Crippen LogP contribution in [-0.2, 0) is 4.79 Å². The van der Waals surface area contributed by atoms with Gasteiger partial charge in [-0.05, 0) is 23.7 Å². The smallest absolute Gasteiger partial charge is 0.322 e. The van der Waals surface area contributed by atoms with Gasteiger partial charge < -0.3 is 5.32 Å². The second-order valence-electron chi connectivity index (χ2n) is 5.84. The van der Waals surface area contributed by atoms with Gasteiger partial charge in [0, 0.05) is 0 Å². The van der Waals surface area contributed by atoms with Gasteiger partial charge in [-0.1, -0.05) is 41.5 Å². The lowest BCUT2D eigenvalue weighted by Crippen LogP contribution is -2.59.